The third kappa shape index (κ3) is 8.85. The molecule has 3 aromatic rings. The maximum Gasteiger partial charge on any atom is 0.119 e. The average Bonchev–Trinajstić information content (AvgIpc) is 3.01. The lowest BCUT2D eigenvalue weighted by Gasteiger charge is -2.37. The number of anilines is 2. The molecule has 2 aliphatic heterocycles. The minimum absolute atomic E-state index is 0.244. The molecule has 0 unspecified atom stereocenters. The second-order valence-corrected chi connectivity index (χ2v) is 11.6. The van der Waals surface area contributed by atoms with E-state index in [1.807, 2.05) is 24.3 Å². The highest BCUT2D eigenvalue weighted by Gasteiger charge is 2.21. The Labute approximate surface area is 250 Å². The van der Waals surface area contributed by atoms with Crippen molar-refractivity contribution in [2.75, 3.05) is 88.5 Å². The van der Waals surface area contributed by atoms with Gasteiger partial charge in [0.1, 0.15) is 36.9 Å². The number of piperazine rings is 2. The molecular formula is C34H46N4O4. The van der Waals surface area contributed by atoms with Crippen molar-refractivity contribution in [1.82, 2.24) is 9.80 Å². The predicted molar refractivity (Wildman–Crippen MR) is 169 cm³/mol. The number of hydrogen-bond donors (Lipinski definition) is 2. The Kier molecular flexibility index (Phi) is 10.6. The summed E-state index contributed by atoms with van der Waals surface area (Å²) in [6.07, 6.45) is -1.11. The van der Waals surface area contributed by atoms with Gasteiger partial charge in [-0.2, -0.15) is 0 Å². The zero-order valence-electron chi connectivity index (χ0n) is 25.1. The van der Waals surface area contributed by atoms with Crippen molar-refractivity contribution in [3.8, 4) is 11.5 Å². The SMILES string of the molecule is Cc1ccc(N2CCN(C[C@@H](O)COc3ccc(OC[C@H](O)CN4CCN(c5ccc(C)cc5)CC4)cc3)CC2)cc1. The van der Waals surface area contributed by atoms with E-state index < -0.39 is 12.2 Å². The molecule has 8 heteroatoms. The number of ether oxygens (including phenoxy) is 2. The molecule has 0 aromatic heterocycles. The van der Waals surface area contributed by atoms with Gasteiger partial charge in [-0.3, -0.25) is 9.80 Å². The van der Waals surface area contributed by atoms with E-state index in [2.05, 4.69) is 82.0 Å². The van der Waals surface area contributed by atoms with Crippen LogP contribution in [-0.2, 0) is 0 Å². The molecule has 2 atom stereocenters. The van der Waals surface area contributed by atoms with Crippen LogP contribution in [0.1, 0.15) is 11.1 Å². The van der Waals surface area contributed by atoms with Gasteiger partial charge in [0, 0.05) is 76.8 Å². The van der Waals surface area contributed by atoms with Crippen molar-refractivity contribution in [3.63, 3.8) is 0 Å². The molecule has 8 nitrogen and oxygen atoms in total. The summed E-state index contributed by atoms with van der Waals surface area (Å²) in [7, 11) is 0. The average molecular weight is 575 g/mol. The van der Waals surface area contributed by atoms with Crippen LogP contribution in [0.25, 0.3) is 0 Å². The lowest BCUT2D eigenvalue weighted by atomic mass is 10.2. The minimum Gasteiger partial charge on any atom is -0.491 e. The van der Waals surface area contributed by atoms with E-state index in [-0.39, 0.29) is 13.2 Å². The molecule has 0 spiro atoms. The summed E-state index contributed by atoms with van der Waals surface area (Å²) in [5.74, 6) is 1.38. The van der Waals surface area contributed by atoms with Crippen LogP contribution < -0.4 is 19.3 Å². The van der Waals surface area contributed by atoms with Gasteiger partial charge in [0.25, 0.3) is 0 Å². The van der Waals surface area contributed by atoms with Crippen molar-refractivity contribution < 1.29 is 19.7 Å². The van der Waals surface area contributed by atoms with E-state index in [0.717, 1.165) is 52.4 Å². The fourth-order valence-electron chi connectivity index (χ4n) is 5.61. The number of hydrogen-bond acceptors (Lipinski definition) is 8. The first-order chi connectivity index (χ1) is 20.4. The van der Waals surface area contributed by atoms with E-state index in [1.54, 1.807) is 0 Å². The summed E-state index contributed by atoms with van der Waals surface area (Å²) >= 11 is 0. The highest BCUT2D eigenvalue weighted by atomic mass is 16.5. The fraction of sp³-hybridized carbons (Fsp3) is 0.471. The van der Waals surface area contributed by atoms with Gasteiger partial charge >= 0.3 is 0 Å². The van der Waals surface area contributed by atoms with E-state index in [4.69, 9.17) is 9.47 Å². The van der Waals surface area contributed by atoms with Crippen molar-refractivity contribution in [1.29, 1.82) is 0 Å². The molecule has 0 bridgehead atoms. The Bertz CT molecular complexity index is 1110. The van der Waals surface area contributed by atoms with E-state index in [1.165, 1.54) is 22.5 Å². The quantitative estimate of drug-likeness (QED) is 0.341. The molecule has 2 N–H and O–H groups in total. The smallest absolute Gasteiger partial charge is 0.119 e. The number of aliphatic hydroxyl groups excluding tert-OH is 2. The van der Waals surface area contributed by atoms with Crippen LogP contribution in [-0.4, -0.2) is 111 Å². The Balaban J connectivity index is 0.951. The molecule has 2 aliphatic rings. The maximum atomic E-state index is 10.6. The number of nitrogens with zero attached hydrogens (tertiary/aromatic N) is 4. The number of aryl methyl sites for hydroxylation is 2. The van der Waals surface area contributed by atoms with Crippen LogP contribution in [0.15, 0.2) is 72.8 Å². The van der Waals surface area contributed by atoms with Crippen LogP contribution in [0.5, 0.6) is 11.5 Å². The molecule has 2 saturated heterocycles. The highest BCUT2D eigenvalue weighted by Crippen LogP contribution is 2.20. The maximum absolute atomic E-state index is 10.6. The molecule has 0 radical (unpaired) electrons. The predicted octanol–water partition coefficient (Wildman–Crippen LogP) is 3.43. The summed E-state index contributed by atoms with van der Waals surface area (Å²) < 4.78 is 11.7. The summed E-state index contributed by atoms with van der Waals surface area (Å²) in [6, 6.07) is 24.7. The summed E-state index contributed by atoms with van der Waals surface area (Å²) in [5, 5.41) is 21.1. The Morgan fingerprint density at radius 2 is 0.857 bits per heavy atom. The minimum atomic E-state index is -0.555. The normalized spacial score (nSPS) is 18.1. The van der Waals surface area contributed by atoms with Gasteiger partial charge in [-0.25, -0.2) is 0 Å². The highest BCUT2D eigenvalue weighted by molar-refractivity contribution is 5.48. The second kappa shape index (κ2) is 14.7. The Hall–Kier alpha value is -3.30. The molecule has 2 heterocycles. The molecule has 226 valence electrons. The fourth-order valence-corrected chi connectivity index (χ4v) is 5.61. The third-order valence-electron chi connectivity index (χ3n) is 8.19. The number of β-amino-alcohol motifs (C(OH)–C–C–N with tert-alkyl or cyclic N) is 2. The van der Waals surface area contributed by atoms with Crippen LogP contribution >= 0.6 is 0 Å². The van der Waals surface area contributed by atoms with Crippen LogP contribution in [0.4, 0.5) is 11.4 Å². The molecule has 0 saturated carbocycles. The van der Waals surface area contributed by atoms with Crippen LogP contribution in [0, 0.1) is 13.8 Å². The van der Waals surface area contributed by atoms with Crippen molar-refractivity contribution in [2.45, 2.75) is 26.1 Å². The van der Waals surface area contributed by atoms with E-state index in [9.17, 15) is 10.2 Å². The first-order valence-corrected chi connectivity index (χ1v) is 15.2. The molecule has 5 rings (SSSR count). The number of rotatable bonds is 12. The monoisotopic (exact) mass is 574 g/mol. The Morgan fingerprint density at radius 3 is 1.19 bits per heavy atom. The van der Waals surface area contributed by atoms with Gasteiger partial charge < -0.3 is 29.5 Å². The van der Waals surface area contributed by atoms with Gasteiger partial charge in [-0.1, -0.05) is 35.4 Å². The standard InChI is InChI=1S/C34H46N4O4/c1-27-3-7-29(8-4-27)37-19-15-35(16-20-37)23-31(39)25-41-33-11-13-34(14-12-33)42-26-32(40)24-36-17-21-38(22-18-36)30-9-5-28(2)6-10-30/h3-14,31-32,39-40H,15-26H2,1-2H3/t31-,32-/m1/s1. The van der Waals surface area contributed by atoms with Gasteiger partial charge in [0.05, 0.1) is 0 Å². The van der Waals surface area contributed by atoms with E-state index >= 15 is 0 Å². The number of aliphatic hydroxyl groups is 2. The van der Waals surface area contributed by atoms with Gasteiger partial charge in [0.2, 0.25) is 0 Å². The molecule has 3 aromatic carbocycles. The molecule has 2 fully saturated rings. The first-order valence-electron chi connectivity index (χ1n) is 15.2. The third-order valence-corrected chi connectivity index (χ3v) is 8.19. The number of benzene rings is 3. The summed E-state index contributed by atoms with van der Waals surface area (Å²) in [6.45, 7) is 13.4. The van der Waals surface area contributed by atoms with Gasteiger partial charge in [-0.05, 0) is 62.4 Å². The lowest BCUT2D eigenvalue weighted by molar-refractivity contribution is 0.0650. The summed E-state index contributed by atoms with van der Waals surface area (Å²) in [4.78, 5) is 9.39. The summed E-state index contributed by atoms with van der Waals surface area (Å²) in [5.41, 5.74) is 5.07. The van der Waals surface area contributed by atoms with Crippen molar-refractivity contribution >= 4 is 11.4 Å². The molecular weight excluding hydrogens is 528 g/mol. The van der Waals surface area contributed by atoms with Crippen LogP contribution in [0.3, 0.4) is 0 Å². The molecule has 0 aliphatic carbocycles. The zero-order valence-corrected chi connectivity index (χ0v) is 25.1. The van der Waals surface area contributed by atoms with Crippen molar-refractivity contribution in [3.05, 3.63) is 83.9 Å². The zero-order chi connectivity index (χ0) is 29.3. The van der Waals surface area contributed by atoms with E-state index in [0.29, 0.717) is 24.6 Å². The lowest BCUT2D eigenvalue weighted by Crippen LogP contribution is -2.49. The van der Waals surface area contributed by atoms with Crippen LogP contribution in [0.2, 0.25) is 0 Å². The topological polar surface area (TPSA) is 71.9 Å². The first kappa shape index (κ1) is 30.2. The molecule has 42 heavy (non-hydrogen) atoms. The second-order valence-electron chi connectivity index (χ2n) is 11.6. The van der Waals surface area contributed by atoms with Gasteiger partial charge in [0.15, 0.2) is 0 Å². The van der Waals surface area contributed by atoms with Crippen molar-refractivity contribution in [2.24, 2.45) is 0 Å². The largest absolute Gasteiger partial charge is 0.491 e. The van der Waals surface area contributed by atoms with Gasteiger partial charge in [-0.15, -0.1) is 0 Å². The molecule has 0 amide bonds. The Morgan fingerprint density at radius 1 is 0.524 bits per heavy atom.